The average molecular weight is 249 g/mol. The van der Waals surface area contributed by atoms with Crippen molar-refractivity contribution in [1.82, 2.24) is 14.5 Å². The third kappa shape index (κ3) is 2.56. The SMILES string of the molecule is Cn1ccnc1Sc1cc(/C(N)=N/O)ccn1. The Morgan fingerprint density at radius 2 is 2.29 bits per heavy atom. The van der Waals surface area contributed by atoms with E-state index in [4.69, 9.17) is 10.9 Å². The van der Waals surface area contributed by atoms with Gasteiger partial charge in [-0.05, 0) is 23.9 Å². The third-order valence-electron chi connectivity index (χ3n) is 2.11. The number of rotatable bonds is 3. The number of aromatic nitrogens is 3. The zero-order chi connectivity index (χ0) is 12.3. The molecule has 0 aromatic carbocycles. The summed E-state index contributed by atoms with van der Waals surface area (Å²) in [5.41, 5.74) is 6.13. The molecule has 0 spiro atoms. The van der Waals surface area contributed by atoms with Gasteiger partial charge in [0.15, 0.2) is 11.0 Å². The van der Waals surface area contributed by atoms with E-state index >= 15 is 0 Å². The summed E-state index contributed by atoms with van der Waals surface area (Å²) in [5, 5.41) is 13.1. The fraction of sp³-hybridized carbons (Fsp3) is 0.100. The number of hydrogen-bond acceptors (Lipinski definition) is 5. The molecule has 0 unspecified atom stereocenters. The van der Waals surface area contributed by atoms with Crippen LogP contribution in [-0.2, 0) is 7.05 Å². The fourth-order valence-electron chi connectivity index (χ4n) is 1.23. The number of nitrogens with zero attached hydrogens (tertiary/aromatic N) is 4. The lowest BCUT2D eigenvalue weighted by atomic mass is 10.2. The number of oxime groups is 1. The van der Waals surface area contributed by atoms with Crippen LogP contribution in [0, 0.1) is 0 Å². The molecule has 2 heterocycles. The number of amidine groups is 1. The molecule has 0 aliphatic rings. The maximum atomic E-state index is 8.60. The first kappa shape index (κ1) is 11.5. The van der Waals surface area contributed by atoms with Gasteiger partial charge in [0.2, 0.25) is 0 Å². The summed E-state index contributed by atoms with van der Waals surface area (Å²) in [7, 11) is 1.91. The van der Waals surface area contributed by atoms with Crippen molar-refractivity contribution in [1.29, 1.82) is 0 Å². The number of imidazole rings is 1. The van der Waals surface area contributed by atoms with E-state index in [2.05, 4.69) is 15.1 Å². The zero-order valence-corrected chi connectivity index (χ0v) is 9.92. The summed E-state index contributed by atoms with van der Waals surface area (Å²) in [6.07, 6.45) is 5.18. The number of hydrogen-bond donors (Lipinski definition) is 2. The van der Waals surface area contributed by atoms with Gasteiger partial charge in [-0.1, -0.05) is 5.16 Å². The van der Waals surface area contributed by atoms with Gasteiger partial charge in [0.25, 0.3) is 0 Å². The van der Waals surface area contributed by atoms with Crippen molar-refractivity contribution in [3.05, 3.63) is 36.3 Å². The van der Waals surface area contributed by atoms with Crippen LogP contribution in [0.2, 0.25) is 0 Å². The van der Waals surface area contributed by atoms with Crippen LogP contribution in [-0.4, -0.2) is 25.6 Å². The van der Waals surface area contributed by atoms with E-state index < -0.39 is 0 Å². The minimum absolute atomic E-state index is 0.0640. The molecule has 6 nitrogen and oxygen atoms in total. The van der Waals surface area contributed by atoms with E-state index in [0.717, 1.165) is 10.2 Å². The molecule has 0 saturated heterocycles. The van der Waals surface area contributed by atoms with Crippen LogP contribution in [0.3, 0.4) is 0 Å². The van der Waals surface area contributed by atoms with E-state index in [9.17, 15) is 0 Å². The molecule has 88 valence electrons. The maximum absolute atomic E-state index is 8.60. The van der Waals surface area contributed by atoms with Gasteiger partial charge in [0.1, 0.15) is 5.03 Å². The lowest BCUT2D eigenvalue weighted by Crippen LogP contribution is -2.13. The molecule has 0 aliphatic heterocycles. The molecule has 0 amide bonds. The van der Waals surface area contributed by atoms with E-state index in [1.807, 2.05) is 17.8 Å². The Kier molecular flexibility index (Phi) is 3.29. The Morgan fingerprint density at radius 3 is 2.94 bits per heavy atom. The van der Waals surface area contributed by atoms with Crippen molar-refractivity contribution in [2.75, 3.05) is 0 Å². The second-order valence-corrected chi connectivity index (χ2v) is 4.28. The van der Waals surface area contributed by atoms with Crippen molar-refractivity contribution < 1.29 is 5.21 Å². The lowest BCUT2D eigenvalue weighted by molar-refractivity contribution is 0.318. The number of nitrogens with two attached hydrogens (primary N) is 1. The molecule has 17 heavy (non-hydrogen) atoms. The Morgan fingerprint density at radius 1 is 1.47 bits per heavy atom. The van der Waals surface area contributed by atoms with Crippen molar-refractivity contribution >= 4 is 17.6 Å². The van der Waals surface area contributed by atoms with Crippen molar-refractivity contribution in [3.63, 3.8) is 0 Å². The number of aryl methyl sites for hydroxylation is 1. The van der Waals surface area contributed by atoms with Gasteiger partial charge in [-0.15, -0.1) is 0 Å². The van der Waals surface area contributed by atoms with Crippen LogP contribution < -0.4 is 5.73 Å². The van der Waals surface area contributed by atoms with Gasteiger partial charge in [-0.25, -0.2) is 9.97 Å². The normalized spacial score (nSPS) is 11.7. The zero-order valence-electron chi connectivity index (χ0n) is 9.11. The molecule has 2 aromatic rings. The lowest BCUT2D eigenvalue weighted by Gasteiger charge is -2.03. The highest BCUT2D eigenvalue weighted by atomic mass is 32.2. The molecule has 3 N–H and O–H groups in total. The molecule has 0 saturated carbocycles. The van der Waals surface area contributed by atoms with Gasteiger partial charge < -0.3 is 15.5 Å². The van der Waals surface area contributed by atoms with Gasteiger partial charge in [-0.2, -0.15) is 0 Å². The first-order valence-electron chi connectivity index (χ1n) is 4.80. The van der Waals surface area contributed by atoms with E-state index in [-0.39, 0.29) is 5.84 Å². The third-order valence-corrected chi connectivity index (χ3v) is 3.12. The predicted molar refractivity (Wildman–Crippen MR) is 64.1 cm³/mol. The molecule has 0 radical (unpaired) electrons. The van der Waals surface area contributed by atoms with Gasteiger partial charge in [0.05, 0.1) is 0 Å². The highest BCUT2D eigenvalue weighted by Gasteiger charge is 2.06. The van der Waals surface area contributed by atoms with Gasteiger partial charge in [-0.3, -0.25) is 0 Å². The molecule has 0 bridgehead atoms. The van der Waals surface area contributed by atoms with Crippen molar-refractivity contribution in [2.24, 2.45) is 17.9 Å². The predicted octanol–water partition coefficient (Wildman–Crippen LogP) is 1.06. The van der Waals surface area contributed by atoms with Crippen molar-refractivity contribution in [2.45, 2.75) is 10.2 Å². The van der Waals surface area contributed by atoms with Crippen LogP contribution in [0.5, 0.6) is 0 Å². The van der Waals surface area contributed by atoms with Crippen LogP contribution in [0.25, 0.3) is 0 Å². The van der Waals surface area contributed by atoms with E-state index in [1.54, 1.807) is 24.5 Å². The van der Waals surface area contributed by atoms with Crippen LogP contribution in [0.4, 0.5) is 0 Å². The van der Waals surface area contributed by atoms with Crippen molar-refractivity contribution in [3.8, 4) is 0 Å². The van der Waals surface area contributed by atoms with E-state index in [0.29, 0.717) is 5.56 Å². The highest BCUT2D eigenvalue weighted by Crippen LogP contribution is 2.24. The molecule has 7 heteroatoms. The summed E-state index contributed by atoms with van der Waals surface area (Å²) in [6.45, 7) is 0. The highest BCUT2D eigenvalue weighted by molar-refractivity contribution is 7.99. The summed E-state index contributed by atoms with van der Waals surface area (Å²) in [6, 6.07) is 3.42. The average Bonchev–Trinajstić information content (AvgIpc) is 2.74. The Hall–Kier alpha value is -2.02. The quantitative estimate of drug-likeness (QED) is 0.367. The van der Waals surface area contributed by atoms with Gasteiger partial charge >= 0.3 is 0 Å². The minimum atomic E-state index is 0.0640. The topological polar surface area (TPSA) is 89.3 Å². The first-order valence-corrected chi connectivity index (χ1v) is 5.61. The van der Waals surface area contributed by atoms with Crippen LogP contribution in [0.1, 0.15) is 5.56 Å². The van der Waals surface area contributed by atoms with E-state index in [1.165, 1.54) is 11.8 Å². The Bertz CT molecular complexity index is 551. The molecule has 0 aliphatic carbocycles. The van der Waals surface area contributed by atoms with Crippen LogP contribution >= 0.6 is 11.8 Å². The molecule has 2 rings (SSSR count). The smallest absolute Gasteiger partial charge is 0.174 e. The summed E-state index contributed by atoms with van der Waals surface area (Å²) in [5.74, 6) is 0.0640. The molecule has 0 atom stereocenters. The fourth-order valence-corrected chi connectivity index (χ4v) is 2.03. The van der Waals surface area contributed by atoms with Gasteiger partial charge in [0, 0.05) is 31.2 Å². The maximum Gasteiger partial charge on any atom is 0.174 e. The first-order chi connectivity index (χ1) is 8.20. The minimum Gasteiger partial charge on any atom is -0.409 e. The Balaban J connectivity index is 2.26. The largest absolute Gasteiger partial charge is 0.409 e. The second-order valence-electron chi connectivity index (χ2n) is 3.29. The standard InChI is InChI=1S/C10H11N5OS/c1-15-5-4-13-10(15)17-8-6-7(2-3-12-8)9(11)14-16/h2-6,16H,1H3,(H2,11,14). The summed E-state index contributed by atoms with van der Waals surface area (Å²) < 4.78 is 1.89. The Labute approximate surface area is 102 Å². The molecule has 2 aromatic heterocycles. The molecular formula is C10H11N5OS. The number of pyridine rings is 1. The van der Waals surface area contributed by atoms with Crippen LogP contribution in [0.15, 0.2) is 46.1 Å². The summed E-state index contributed by atoms with van der Waals surface area (Å²) >= 11 is 1.41. The summed E-state index contributed by atoms with van der Waals surface area (Å²) in [4.78, 5) is 8.37. The molecular weight excluding hydrogens is 238 g/mol. The molecule has 0 fully saturated rings. The second kappa shape index (κ2) is 4.88. The monoisotopic (exact) mass is 249 g/mol.